The maximum absolute atomic E-state index is 10.8. The number of nitrogens with zero attached hydrogens (tertiary/aromatic N) is 1. The molecule has 4 nitrogen and oxygen atoms in total. The van der Waals surface area contributed by atoms with Gasteiger partial charge >= 0.3 is 0 Å². The second kappa shape index (κ2) is 5.76. The van der Waals surface area contributed by atoms with E-state index in [9.17, 15) is 4.79 Å². The zero-order valence-electron chi connectivity index (χ0n) is 9.27. The first kappa shape index (κ1) is 12.1. The van der Waals surface area contributed by atoms with Gasteiger partial charge in [-0.15, -0.1) is 0 Å². The van der Waals surface area contributed by atoms with Crippen molar-refractivity contribution in [3.63, 3.8) is 0 Å². The van der Waals surface area contributed by atoms with E-state index in [0.717, 1.165) is 0 Å². The van der Waals surface area contributed by atoms with Crippen molar-refractivity contribution < 1.29 is 14.3 Å². The summed E-state index contributed by atoms with van der Waals surface area (Å²) in [6, 6.07) is 6.90. The molecule has 1 unspecified atom stereocenters. The highest BCUT2D eigenvalue weighted by atomic mass is 16.5. The first-order chi connectivity index (χ1) is 7.74. The predicted molar refractivity (Wildman–Crippen MR) is 58.7 cm³/mol. The van der Waals surface area contributed by atoms with Crippen molar-refractivity contribution in [1.82, 2.24) is 0 Å². The van der Waals surface area contributed by atoms with Gasteiger partial charge in [-0.25, -0.2) is 0 Å². The van der Waals surface area contributed by atoms with E-state index in [1.807, 2.05) is 13.0 Å². The monoisotopic (exact) mass is 219 g/mol. The van der Waals surface area contributed by atoms with Gasteiger partial charge in [0.05, 0.1) is 12.7 Å². The van der Waals surface area contributed by atoms with Crippen molar-refractivity contribution in [2.45, 2.75) is 19.4 Å². The Bertz CT molecular complexity index is 409. The van der Waals surface area contributed by atoms with E-state index in [-0.39, 0.29) is 0 Å². The summed E-state index contributed by atoms with van der Waals surface area (Å²) >= 11 is 0. The van der Waals surface area contributed by atoms with Crippen LogP contribution in [0.2, 0.25) is 0 Å². The average molecular weight is 219 g/mol. The number of hydrogen-bond acceptors (Lipinski definition) is 4. The van der Waals surface area contributed by atoms with Gasteiger partial charge in [-0.1, -0.05) is 6.92 Å². The van der Waals surface area contributed by atoms with E-state index in [1.54, 1.807) is 18.2 Å². The standard InChI is InChI=1S/C12H13NO3/c1-3-10(7-13)16-12-5-4-11(15-2)6-9(12)8-14/h4-6,8,10H,3H2,1-2H3. The van der Waals surface area contributed by atoms with Crippen LogP contribution in [-0.2, 0) is 0 Å². The second-order valence-corrected chi connectivity index (χ2v) is 3.17. The fourth-order valence-corrected chi connectivity index (χ4v) is 1.21. The molecule has 0 saturated carbocycles. The molecule has 0 spiro atoms. The molecule has 1 aromatic carbocycles. The van der Waals surface area contributed by atoms with Crippen molar-refractivity contribution >= 4 is 6.29 Å². The Hall–Kier alpha value is -2.02. The van der Waals surface area contributed by atoms with E-state index in [1.165, 1.54) is 7.11 Å². The average Bonchev–Trinajstić information content (AvgIpc) is 2.35. The van der Waals surface area contributed by atoms with Gasteiger partial charge in [0.15, 0.2) is 12.4 Å². The summed E-state index contributed by atoms with van der Waals surface area (Å²) in [5.41, 5.74) is 0.382. The highest BCUT2D eigenvalue weighted by Crippen LogP contribution is 2.23. The van der Waals surface area contributed by atoms with Crippen molar-refractivity contribution in [1.29, 1.82) is 5.26 Å². The summed E-state index contributed by atoms with van der Waals surface area (Å²) < 4.78 is 10.4. The number of rotatable bonds is 5. The van der Waals surface area contributed by atoms with Gasteiger partial charge in [0.25, 0.3) is 0 Å². The van der Waals surface area contributed by atoms with Crippen molar-refractivity contribution in [2.24, 2.45) is 0 Å². The lowest BCUT2D eigenvalue weighted by molar-refractivity contribution is 0.111. The lowest BCUT2D eigenvalue weighted by atomic mass is 10.2. The lowest BCUT2D eigenvalue weighted by Gasteiger charge is -2.12. The minimum absolute atomic E-state index is 0.382. The smallest absolute Gasteiger partial charge is 0.184 e. The van der Waals surface area contributed by atoms with E-state index < -0.39 is 6.10 Å². The summed E-state index contributed by atoms with van der Waals surface area (Å²) in [4.78, 5) is 10.8. The van der Waals surface area contributed by atoms with Crippen LogP contribution in [0.15, 0.2) is 18.2 Å². The van der Waals surface area contributed by atoms with Gasteiger partial charge in [-0.2, -0.15) is 5.26 Å². The van der Waals surface area contributed by atoms with Crippen LogP contribution < -0.4 is 9.47 Å². The number of nitriles is 1. The van der Waals surface area contributed by atoms with Crippen LogP contribution in [-0.4, -0.2) is 19.5 Å². The predicted octanol–water partition coefficient (Wildman–Crippen LogP) is 2.19. The lowest BCUT2D eigenvalue weighted by Crippen LogP contribution is -2.13. The molecule has 84 valence electrons. The number of aldehydes is 1. The summed E-state index contributed by atoms with van der Waals surface area (Å²) in [6.07, 6.45) is 0.718. The van der Waals surface area contributed by atoms with Crippen molar-refractivity contribution in [3.8, 4) is 17.6 Å². The second-order valence-electron chi connectivity index (χ2n) is 3.17. The third-order valence-corrected chi connectivity index (χ3v) is 2.13. The first-order valence-electron chi connectivity index (χ1n) is 4.94. The highest BCUT2D eigenvalue weighted by Gasteiger charge is 2.10. The number of carbonyl (C=O) groups excluding carboxylic acids is 1. The summed E-state index contributed by atoms with van der Waals surface area (Å²) in [6.45, 7) is 1.85. The van der Waals surface area contributed by atoms with Gasteiger partial charge in [0.1, 0.15) is 17.6 Å². The van der Waals surface area contributed by atoms with Gasteiger partial charge < -0.3 is 9.47 Å². The van der Waals surface area contributed by atoms with Gasteiger partial charge in [-0.05, 0) is 24.6 Å². The fourth-order valence-electron chi connectivity index (χ4n) is 1.21. The Morgan fingerprint density at radius 3 is 2.81 bits per heavy atom. The molecule has 16 heavy (non-hydrogen) atoms. The topological polar surface area (TPSA) is 59.3 Å². The molecule has 1 rings (SSSR count). The molecule has 0 saturated heterocycles. The molecule has 1 aromatic rings. The summed E-state index contributed by atoms with van der Waals surface area (Å²) in [5, 5.41) is 8.76. The van der Waals surface area contributed by atoms with Crippen molar-refractivity contribution in [2.75, 3.05) is 7.11 Å². The number of methoxy groups -OCH3 is 1. The normalized spacial score (nSPS) is 11.3. The highest BCUT2D eigenvalue weighted by molar-refractivity contribution is 5.80. The molecule has 4 heteroatoms. The molecule has 0 fully saturated rings. The Balaban J connectivity index is 2.96. The van der Waals surface area contributed by atoms with Crippen LogP contribution in [0.5, 0.6) is 11.5 Å². The van der Waals surface area contributed by atoms with Crippen LogP contribution in [0.25, 0.3) is 0 Å². The Kier molecular flexibility index (Phi) is 4.34. The molecule has 0 aromatic heterocycles. The van der Waals surface area contributed by atoms with E-state index in [0.29, 0.717) is 29.8 Å². The van der Waals surface area contributed by atoms with Crippen LogP contribution in [0, 0.1) is 11.3 Å². The maximum Gasteiger partial charge on any atom is 0.184 e. The van der Waals surface area contributed by atoms with Crippen molar-refractivity contribution in [3.05, 3.63) is 23.8 Å². The van der Waals surface area contributed by atoms with Crippen LogP contribution in [0.3, 0.4) is 0 Å². The minimum atomic E-state index is -0.535. The number of benzene rings is 1. The third-order valence-electron chi connectivity index (χ3n) is 2.13. The molecule has 0 aliphatic heterocycles. The van der Waals surface area contributed by atoms with E-state index in [2.05, 4.69) is 0 Å². The molecule has 0 aliphatic rings. The van der Waals surface area contributed by atoms with Gasteiger partial charge in [0, 0.05) is 0 Å². The van der Waals surface area contributed by atoms with Crippen LogP contribution in [0.1, 0.15) is 23.7 Å². The largest absolute Gasteiger partial charge is 0.497 e. The number of ether oxygens (including phenoxy) is 2. The van der Waals surface area contributed by atoms with Gasteiger partial charge in [-0.3, -0.25) is 4.79 Å². The molecule has 0 N–H and O–H groups in total. The molecular weight excluding hydrogens is 206 g/mol. The molecule has 1 atom stereocenters. The van der Waals surface area contributed by atoms with Crippen LogP contribution >= 0.6 is 0 Å². The minimum Gasteiger partial charge on any atom is -0.497 e. The Morgan fingerprint density at radius 1 is 1.56 bits per heavy atom. The van der Waals surface area contributed by atoms with E-state index in [4.69, 9.17) is 14.7 Å². The number of carbonyl (C=O) groups is 1. The Labute approximate surface area is 94.4 Å². The van der Waals surface area contributed by atoms with Crippen LogP contribution in [0.4, 0.5) is 0 Å². The number of hydrogen-bond donors (Lipinski definition) is 0. The quantitative estimate of drug-likeness (QED) is 0.712. The summed E-state index contributed by atoms with van der Waals surface area (Å²) in [7, 11) is 1.52. The third kappa shape index (κ3) is 2.74. The van der Waals surface area contributed by atoms with E-state index >= 15 is 0 Å². The molecule has 0 radical (unpaired) electrons. The zero-order chi connectivity index (χ0) is 12.0. The maximum atomic E-state index is 10.8. The first-order valence-corrected chi connectivity index (χ1v) is 4.94. The Morgan fingerprint density at radius 2 is 2.31 bits per heavy atom. The molecule has 0 heterocycles. The molecule has 0 amide bonds. The SMILES string of the molecule is CCC(C#N)Oc1ccc(OC)cc1C=O. The molecule has 0 aliphatic carbocycles. The fraction of sp³-hybridized carbons (Fsp3) is 0.333. The molecule has 0 bridgehead atoms. The molecular formula is C12H13NO3. The van der Waals surface area contributed by atoms with Gasteiger partial charge in [0.2, 0.25) is 0 Å². The summed E-state index contributed by atoms with van der Waals surface area (Å²) in [5.74, 6) is 0.989. The zero-order valence-corrected chi connectivity index (χ0v) is 9.27.